The molecule has 0 aliphatic rings. The summed E-state index contributed by atoms with van der Waals surface area (Å²) < 4.78 is 0. The third kappa shape index (κ3) is 4.68. The van der Waals surface area contributed by atoms with Crippen LogP contribution in [-0.2, 0) is 4.79 Å². The first-order valence-electron chi connectivity index (χ1n) is 6.95. The molecule has 0 saturated heterocycles. The topological polar surface area (TPSA) is 66.4 Å². The van der Waals surface area contributed by atoms with E-state index in [9.17, 15) is 9.59 Å². The van der Waals surface area contributed by atoms with Crippen molar-refractivity contribution in [2.75, 3.05) is 0 Å². The van der Waals surface area contributed by atoms with Crippen LogP contribution in [0, 0.1) is 5.92 Å². The van der Waals surface area contributed by atoms with E-state index < -0.39 is 12.0 Å². The number of amides is 1. The van der Waals surface area contributed by atoms with Gasteiger partial charge in [0.2, 0.25) is 0 Å². The second-order valence-electron chi connectivity index (χ2n) is 5.77. The molecule has 110 valence electrons. The van der Waals surface area contributed by atoms with E-state index in [1.165, 1.54) is 0 Å². The van der Waals surface area contributed by atoms with Crippen LogP contribution in [0.15, 0.2) is 24.3 Å². The molecule has 0 aliphatic carbocycles. The smallest absolute Gasteiger partial charge is 0.326 e. The Labute approximate surface area is 120 Å². The Bertz CT molecular complexity index is 463. The quantitative estimate of drug-likeness (QED) is 0.840. The second-order valence-corrected chi connectivity index (χ2v) is 5.77. The first-order valence-corrected chi connectivity index (χ1v) is 6.95. The summed E-state index contributed by atoms with van der Waals surface area (Å²) in [4.78, 5) is 23.2. The molecule has 1 aromatic rings. The summed E-state index contributed by atoms with van der Waals surface area (Å²) in [6, 6.07) is 6.43. The van der Waals surface area contributed by atoms with Crippen LogP contribution >= 0.6 is 0 Å². The SMILES string of the molecule is CC(C)C[C@@H](NC(=O)c1ccc(C(C)C)cc1)C(=O)O. The van der Waals surface area contributed by atoms with Crippen LogP contribution in [0.3, 0.4) is 0 Å². The minimum absolute atomic E-state index is 0.208. The van der Waals surface area contributed by atoms with Gasteiger partial charge in [-0.2, -0.15) is 0 Å². The van der Waals surface area contributed by atoms with Gasteiger partial charge in [0.15, 0.2) is 0 Å². The number of carbonyl (C=O) groups is 2. The largest absolute Gasteiger partial charge is 0.480 e. The number of carboxylic acids is 1. The van der Waals surface area contributed by atoms with Gasteiger partial charge in [-0.3, -0.25) is 4.79 Å². The molecule has 0 aliphatic heterocycles. The Morgan fingerprint density at radius 2 is 1.65 bits per heavy atom. The summed E-state index contributed by atoms with van der Waals surface area (Å²) in [7, 11) is 0. The minimum Gasteiger partial charge on any atom is -0.480 e. The van der Waals surface area contributed by atoms with Gasteiger partial charge in [0.25, 0.3) is 5.91 Å². The zero-order chi connectivity index (χ0) is 15.3. The molecule has 2 N–H and O–H groups in total. The van der Waals surface area contributed by atoms with Gasteiger partial charge < -0.3 is 10.4 Å². The number of aliphatic carboxylic acids is 1. The van der Waals surface area contributed by atoms with Crippen LogP contribution in [0.1, 0.15) is 56.0 Å². The molecule has 0 radical (unpaired) electrons. The predicted octanol–water partition coefficient (Wildman–Crippen LogP) is 3.04. The Kier molecular flexibility index (Phi) is 5.74. The molecule has 20 heavy (non-hydrogen) atoms. The zero-order valence-corrected chi connectivity index (χ0v) is 12.5. The lowest BCUT2D eigenvalue weighted by atomic mass is 10.0. The minimum atomic E-state index is -0.995. The van der Waals surface area contributed by atoms with E-state index in [4.69, 9.17) is 5.11 Å². The molecule has 4 heteroatoms. The first kappa shape index (κ1) is 16.2. The Morgan fingerprint density at radius 3 is 2.05 bits per heavy atom. The molecule has 0 saturated carbocycles. The number of hydrogen-bond acceptors (Lipinski definition) is 2. The molecular formula is C16H23NO3. The Balaban J connectivity index is 2.76. The highest BCUT2D eigenvalue weighted by Gasteiger charge is 2.21. The van der Waals surface area contributed by atoms with Crippen molar-refractivity contribution in [2.45, 2.75) is 46.1 Å². The number of benzene rings is 1. The van der Waals surface area contributed by atoms with Gasteiger partial charge in [-0.05, 0) is 36.0 Å². The lowest BCUT2D eigenvalue weighted by molar-refractivity contribution is -0.139. The number of hydrogen-bond donors (Lipinski definition) is 2. The summed E-state index contributed by atoms with van der Waals surface area (Å²) in [5.74, 6) is -0.723. The van der Waals surface area contributed by atoms with Crippen molar-refractivity contribution in [3.05, 3.63) is 35.4 Å². The molecule has 1 amide bonds. The van der Waals surface area contributed by atoms with E-state index in [1.54, 1.807) is 12.1 Å². The third-order valence-corrected chi connectivity index (χ3v) is 3.15. The van der Waals surface area contributed by atoms with Crippen LogP contribution in [0.2, 0.25) is 0 Å². The van der Waals surface area contributed by atoms with Crippen molar-refractivity contribution in [1.82, 2.24) is 5.32 Å². The summed E-state index contributed by atoms with van der Waals surface area (Å²) >= 11 is 0. The Hall–Kier alpha value is -1.84. The lowest BCUT2D eigenvalue weighted by Crippen LogP contribution is -2.41. The molecular weight excluding hydrogens is 254 g/mol. The van der Waals surface area contributed by atoms with Crippen LogP contribution in [0.4, 0.5) is 0 Å². The molecule has 0 fully saturated rings. The van der Waals surface area contributed by atoms with E-state index >= 15 is 0 Å². The van der Waals surface area contributed by atoms with Crippen molar-refractivity contribution >= 4 is 11.9 Å². The summed E-state index contributed by atoms with van der Waals surface area (Å²) in [6.45, 7) is 8.02. The highest BCUT2D eigenvalue weighted by atomic mass is 16.4. The van der Waals surface area contributed by atoms with Gasteiger partial charge in [0.1, 0.15) is 6.04 Å². The van der Waals surface area contributed by atoms with Crippen molar-refractivity contribution in [1.29, 1.82) is 0 Å². The van der Waals surface area contributed by atoms with E-state index in [2.05, 4.69) is 19.2 Å². The van der Waals surface area contributed by atoms with Crippen molar-refractivity contribution in [3.63, 3.8) is 0 Å². The maximum atomic E-state index is 12.0. The van der Waals surface area contributed by atoms with E-state index in [1.807, 2.05) is 26.0 Å². The van der Waals surface area contributed by atoms with Crippen molar-refractivity contribution in [2.24, 2.45) is 5.92 Å². The number of carbonyl (C=O) groups excluding carboxylic acids is 1. The van der Waals surface area contributed by atoms with Gasteiger partial charge in [0.05, 0.1) is 0 Å². The average molecular weight is 277 g/mol. The highest BCUT2D eigenvalue weighted by molar-refractivity contribution is 5.96. The fourth-order valence-corrected chi connectivity index (χ4v) is 1.95. The standard InChI is InChI=1S/C16H23NO3/c1-10(2)9-14(16(19)20)17-15(18)13-7-5-12(6-8-13)11(3)4/h5-8,10-11,14H,9H2,1-4H3,(H,17,18)(H,19,20)/t14-/m1/s1. The molecule has 1 atom stereocenters. The molecule has 1 aromatic carbocycles. The highest BCUT2D eigenvalue weighted by Crippen LogP contribution is 2.15. The molecule has 4 nitrogen and oxygen atoms in total. The maximum Gasteiger partial charge on any atom is 0.326 e. The van der Waals surface area contributed by atoms with Gasteiger partial charge in [-0.15, -0.1) is 0 Å². The van der Waals surface area contributed by atoms with Crippen molar-refractivity contribution in [3.8, 4) is 0 Å². The monoisotopic (exact) mass is 277 g/mol. The molecule has 1 rings (SSSR count). The fraction of sp³-hybridized carbons (Fsp3) is 0.500. The molecule has 0 spiro atoms. The molecule has 0 bridgehead atoms. The second kappa shape index (κ2) is 7.08. The van der Waals surface area contributed by atoms with Gasteiger partial charge in [-0.1, -0.05) is 39.8 Å². The van der Waals surface area contributed by atoms with Gasteiger partial charge in [0, 0.05) is 5.56 Å². The average Bonchev–Trinajstić information content (AvgIpc) is 2.37. The summed E-state index contributed by atoms with van der Waals surface area (Å²) in [6.07, 6.45) is 0.422. The fourth-order valence-electron chi connectivity index (χ4n) is 1.95. The molecule has 0 heterocycles. The normalized spacial score (nSPS) is 12.5. The van der Waals surface area contributed by atoms with Crippen molar-refractivity contribution < 1.29 is 14.7 Å². The van der Waals surface area contributed by atoms with Crippen LogP contribution in [0.25, 0.3) is 0 Å². The van der Waals surface area contributed by atoms with Crippen LogP contribution in [-0.4, -0.2) is 23.0 Å². The first-order chi connectivity index (χ1) is 9.31. The number of carboxylic acid groups (broad SMARTS) is 1. The van der Waals surface area contributed by atoms with Crippen LogP contribution < -0.4 is 5.32 Å². The zero-order valence-electron chi connectivity index (χ0n) is 12.5. The summed E-state index contributed by atoms with van der Waals surface area (Å²) in [5.41, 5.74) is 1.64. The predicted molar refractivity (Wildman–Crippen MR) is 78.9 cm³/mol. The maximum absolute atomic E-state index is 12.0. The molecule has 0 aromatic heterocycles. The summed E-state index contributed by atoms with van der Waals surface area (Å²) in [5, 5.41) is 11.7. The Morgan fingerprint density at radius 1 is 1.10 bits per heavy atom. The van der Waals surface area contributed by atoms with E-state index in [0.29, 0.717) is 17.9 Å². The lowest BCUT2D eigenvalue weighted by Gasteiger charge is -2.16. The van der Waals surface area contributed by atoms with E-state index in [0.717, 1.165) is 5.56 Å². The van der Waals surface area contributed by atoms with Crippen LogP contribution in [0.5, 0.6) is 0 Å². The van der Waals surface area contributed by atoms with Gasteiger partial charge in [-0.25, -0.2) is 4.79 Å². The van der Waals surface area contributed by atoms with Gasteiger partial charge >= 0.3 is 5.97 Å². The third-order valence-electron chi connectivity index (χ3n) is 3.15. The number of rotatable bonds is 6. The number of nitrogens with one attached hydrogen (secondary N) is 1. The van der Waals surface area contributed by atoms with E-state index in [-0.39, 0.29) is 11.8 Å². The molecule has 0 unspecified atom stereocenters.